The second-order valence-corrected chi connectivity index (χ2v) is 8.15. The molecule has 0 radical (unpaired) electrons. The first-order valence-corrected chi connectivity index (χ1v) is 11.1. The van der Waals surface area contributed by atoms with Crippen LogP contribution >= 0.6 is 0 Å². The molecule has 0 saturated carbocycles. The number of nitrogens with zero attached hydrogens (tertiary/aromatic N) is 1. The predicted molar refractivity (Wildman–Crippen MR) is 129 cm³/mol. The molecule has 2 aromatic carbocycles. The molecule has 0 aliphatic carbocycles. The number of alkyl halides is 3. The van der Waals surface area contributed by atoms with E-state index in [1.54, 1.807) is 37.4 Å². The summed E-state index contributed by atoms with van der Waals surface area (Å²) in [6.45, 7) is 3.52. The van der Waals surface area contributed by atoms with E-state index in [4.69, 9.17) is 5.11 Å². The van der Waals surface area contributed by atoms with Crippen LogP contribution in [-0.2, 0) is 17.4 Å². The van der Waals surface area contributed by atoms with Gasteiger partial charge in [-0.3, -0.25) is 19.9 Å². The number of hydrogen-bond donors (Lipinski definition) is 3. The van der Waals surface area contributed by atoms with Crippen LogP contribution < -0.4 is 10.6 Å². The lowest BCUT2D eigenvalue weighted by Gasteiger charge is -2.18. The Morgan fingerprint density at radius 2 is 1.67 bits per heavy atom. The van der Waals surface area contributed by atoms with Crippen molar-refractivity contribution in [3.63, 3.8) is 0 Å². The third-order valence-corrected chi connectivity index (χ3v) is 5.32. The number of rotatable bonds is 8. The first-order chi connectivity index (χ1) is 17.0. The molecule has 0 bridgehead atoms. The zero-order valence-electron chi connectivity index (χ0n) is 19.6. The highest BCUT2D eigenvalue weighted by molar-refractivity contribution is 6.12. The summed E-state index contributed by atoms with van der Waals surface area (Å²) in [7, 11) is 0. The number of ketones is 1. The largest absolute Gasteiger partial charge is 0.465 e. The number of halogens is 3. The lowest BCUT2D eigenvalue weighted by Crippen LogP contribution is -2.20. The van der Waals surface area contributed by atoms with E-state index in [2.05, 4.69) is 10.3 Å². The van der Waals surface area contributed by atoms with Crippen LogP contribution in [-0.4, -0.2) is 27.9 Å². The lowest BCUT2D eigenvalue weighted by atomic mass is 9.99. The van der Waals surface area contributed by atoms with Crippen molar-refractivity contribution in [1.82, 2.24) is 4.98 Å². The Morgan fingerprint density at radius 1 is 0.972 bits per heavy atom. The minimum Gasteiger partial charge on any atom is -0.465 e. The maximum Gasteiger partial charge on any atom is 0.416 e. The molecule has 0 fully saturated rings. The van der Waals surface area contributed by atoms with Crippen molar-refractivity contribution < 1.29 is 32.7 Å². The topological polar surface area (TPSA) is 108 Å². The van der Waals surface area contributed by atoms with Crippen LogP contribution in [0, 0.1) is 6.92 Å². The van der Waals surface area contributed by atoms with Gasteiger partial charge in [0.2, 0.25) is 5.91 Å². The highest BCUT2D eigenvalue weighted by Crippen LogP contribution is 2.38. The Morgan fingerprint density at radius 3 is 2.31 bits per heavy atom. The Labute approximate surface area is 205 Å². The Balaban J connectivity index is 1.85. The van der Waals surface area contributed by atoms with Gasteiger partial charge >= 0.3 is 12.3 Å². The van der Waals surface area contributed by atoms with Crippen LogP contribution in [0.1, 0.15) is 46.9 Å². The molecule has 3 N–H and O–H groups in total. The highest BCUT2D eigenvalue weighted by Gasteiger charge is 2.34. The number of carbonyl (C=O) groups excluding carboxylic acids is 2. The van der Waals surface area contributed by atoms with Gasteiger partial charge in [-0.15, -0.1) is 0 Å². The third-order valence-electron chi connectivity index (χ3n) is 5.32. The number of carbonyl (C=O) groups is 3. The van der Waals surface area contributed by atoms with Crippen LogP contribution in [0.15, 0.2) is 54.7 Å². The fraction of sp³-hybridized carbons (Fsp3) is 0.231. The molecule has 0 unspecified atom stereocenters. The SMILES string of the molecule is CCCc1cc(NC(=O)O)c(NC(=O)CC(=O)c2cccc(-c3ccnc(C)c3)c2)cc1C(F)(F)F. The summed E-state index contributed by atoms with van der Waals surface area (Å²) in [5, 5.41) is 13.4. The van der Waals surface area contributed by atoms with Gasteiger partial charge in [0.15, 0.2) is 5.78 Å². The molecule has 188 valence electrons. The second-order valence-electron chi connectivity index (χ2n) is 8.15. The van der Waals surface area contributed by atoms with Crippen molar-refractivity contribution in [1.29, 1.82) is 0 Å². The van der Waals surface area contributed by atoms with Crippen LogP contribution in [0.2, 0.25) is 0 Å². The maximum absolute atomic E-state index is 13.6. The number of Topliss-reactive ketones (excluding diaryl/α,β-unsaturated/α-hetero) is 1. The normalized spacial score (nSPS) is 11.1. The van der Waals surface area contributed by atoms with Gasteiger partial charge in [0.05, 0.1) is 23.4 Å². The fourth-order valence-electron chi connectivity index (χ4n) is 3.75. The molecule has 0 aliphatic heterocycles. The molecule has 36 heavy (non-hydrogen) atoms. The number of nitrogens with one attached hydrogen (secondary N) is 2. The summed E-state index contributed by atoms with van der Waals surface area (Å²) in [6.07, 6.45) is -4.78. The minimum atomic E-state index is -4.71. The molecule has 10 heteroatoms. The quantitative estimate of drug-likeness (QED) is 0.248. The maximum atomic E-state index is 13.6. The average molecular weight is 499 g/mol. The molecular weight excluding hydrogens is 475 g/mol. The number of aryl methyl sites for hydroxylation is 2. The Hall–Kier alpha value is -4.21. The van der Waals surface area contributed by atoms with Crippen molar-refractivity contribution in [3.05, 3.63) is 77.1 Å². The number of carboxylic acid groups (broad SMARTS) is 1. The molecule has 0 saturated heterocycles. The van der Waals surface area contributed by atoms with E-state index in [1.807, 2.05) is 18.3 Å². The van der Waals surface area contributed by atoms with Crippen LogP contribution in [0.4, 0.5) is 29.3 Å². The number of pyridine rings is 1. The van der Waals surface area contributed by atoms with E-state index in [9.17, 15) is 27.6 Å². The Bertz CT molecular complexity index is 1310. The predicted octanol–water partition coefficient (Wildman–Crippen LogP) is 6.33. The highest BCUT2D eigenvalue weighted by atomic mass is 19.4. The molecular formula is C26H24F3N3O4. The summed E-state index contributed by atoms with van der Waals surface area (Å²) in [5.41, 5.74) is 0.915. The van der Waals surface area contributed by atoms with Crippen molar-refractivity contribution in [2.45, 2.75) is 39.3 Å². The molecule has 2 amide bonds. The summed E-state index contributed by atoms with van der Waals surface area (Å²) >= 11 is 0. The lowest BCUT2D eigenvalue weighted by molar-refractivity contribution is -0.138. The first kappa shape index (κ1) is 26.4. The monoisotopic (exact) mass is 499 g/mol. The van der Waals surface area contributed by atoms with E-state index in [1.165, 1.54) is 6.07 Å². The van der Waals surface area contributed by atoms with E-state index in [0.717, 1.165) is 22.9 Å². The van der Waals surface area contributed by atoms with Crippen molar-refractivity contribution in [3.8, 4) is 11.1 Å². The van der Waals surface area contributed by atoms with E-state index < -0.39 is 35.9 Å². The van der Waals surface area contributed by atoms with Gasteiger partial charge < -0.3 is 10.4 Å². The van der Waals surface area contributed by atoms with Gasteiger partial charge in [-0.05, 0) is 60.4 Å². The molecule has 1 heterocycles. The Kier molecular flexibility index (Phi) is 8.08. The summed E-state index contributed by atoms with van der Waals surface area (Å²) in [4.78, 5) is 40.7. The molecule has 1 aromatic heterocycles. The second kappa shape index (κ2) is 11.0. The fourth-order valence-corrected chi connectivity index (χ4v) is 3.75. The zero-order valence-corrected chi connectivity index (χ0v) is 19.6. The van der Waals surface area contributed by atoms with E-state index in [0.29, 0.717) is 12.5 Å². The average Bonchev–Trinajstić information content (AvgIpc) is 2.79. The van der Waals surface area contributed by atoms with Gasteiger partial charge in [0.25, 0.3) is 0 Å². The van der Waals surface area contributed by atoms with Crippen LogP contribution in [0.25, 0.3) is 11.1 Å². The molecule has 3 aromatic rings. The number of aromatic nitrogens is 1. The minimum absolute atomic E-state index is 0.0587. The van der Waals surface area contributed by atoms with Gasteiger partial charge in [0, 0.05) is 17.5 Å². The molecule has 0 spiro atoms. The van der Waals surface area contributed by atoms with Gasteiger partial charge in [-0.1, -0.05) is 31.5 Å². The van der Waals surface area contributed by atoms with Crippen molar-refractivity contribution in [2.75, 3.05) is 10.6 Å². The smallest absolute Gasteiger partial charge is 0.416 e. The van der Waals surface area contributed by atoms with Crippen LogP contribution in [0.3, 0.4) is 0 Å². The zero-order chi connectivity index (χ0) is 26.5. The van der Waals surface area contributed by atoms with Gasteiger partial charge in [-0.2, -0.15) is 13.2 Å². The number of amides is 2. The van der Waals surface area contributed by atoms with Gasteiger partial charge in [0.1, 0.15) is 0 Å². The number of hydrogen-bond acceptors (Lipinski definition) is 4. The number of anilines is 2. The molecule has 3 rings (SSSR count). The van der Waals surface area contributed by atoms with Crippen LogP contribution in [0.5, 0.6) is 0 Å². The van der Waals surface area contributed by atoms with E-state index in [-0.39, 0.29) is 28.9 Å². The number of benzene rings is 2. The van der Waals surface area contributed by atoms with Crippen molar-refractivity contribution >= 4 is 29.2 Å². The summed E-state index contributed by atoms with van der Waals surface area (Å²) < 4.78 is 40.8. The standard InChI is InChI=1S/C26H24F3N3O4/c1-3-5-18-12-21(32-25(35)36)22(13-20(18)26(27,28)29)31-24(34)14-23(33)19-7-4-6-16(11-19)17-8-9-30-15(2)10-17/h4,6-13,32H,3,5,14H2,1-2H3,(H,31,34)(H,35,36). The molecule has 0 atom stereocenters. The summed E-state index contributed by atoms with van der Waals surface area (Å²) in [5.74, 6) is -1.43. The third kappa shape index (κ3) is 6.68. The first-order valence-electron chi connectivity index (χ1n) is 11.1. The van der Waals surface area contributed by atoms with Crippen molar-refractivity contribution in [2.24, 2.45) is 0 Å². The molecule has 0 aliphatic rings. The van der Waals surface area contributed by atoms with Gasteiger partial charge in [-0.25, -0.2) is 4.79 Å². The summed E-state index contributed by atoms with van der Waals surface area (Å²) in [6, 6.07) is 12.0. The molecule has 7 nitrogen and oxygen atoms in total. The van der Waals surface area contributed by atoms with E-state index >= 15 is 0 Å².